The summed E-state index contributed by atoms with van der Waals surface area (Å²) in [7, 11) is 1.91. The molecule has 0 spiro atoms. The van der Waals surface area contributed by atoms with E-state index in [0.29, 0.717) is 6.61 Å². The van der Waals surface area contributed by atoms with Crippen LogP contribution in [0.2, 0.25) is 0 Å². The van der Waals surface area contributed by atoms with E-state index >= 15 is 0 Å². The van der Waals surface area contributed by atoms with Gasteiger partial charge in [-0.3, -0.25) is 4.90 Å². The van der Waals surface area contributed by atoms with E-state index in [1.165, 1.54) is 0 Å². The van der Waals surface area contributed by atoms with Gasteiger partial charge in [-0.15, -0.1) is 0 Å². The third-order valence-corrected chi connectivity index (χ3v) is 3.74. The number of hydrogen-bond donors (Lipinski definition) is 1. The van der Waals surface area contributed by atoms with Crippen LogP contribution in [0, 0.1) is 0 Å². The molecule has 4 nitrogen and oxygen atoms in total. The van der Waals surface area contributed by atoms with Gasteiger partial charge in [0.2, 0.25) is 0 Å². The summed E-state index contributed by atoms with van der Waals surface area (Å²) in [6.07, 6.45) is 0.188. The van der Waals surface area contributed by atoms with Crippen molar-refractivity contribution in [3.63, 3.8) is 0 Å². The zero-order chi connectivity index (χ0) is 15.2. The number of benzene rings is 1. The lowest BCUT2D eigenvalue weighted by atomic mass is 10.1. The molecule has 1 heterocycles. The third kappa shape index (κ3) is 4.62. The maximum Gasteiger partial charge on any atom is 0.387 e. The maximum absolute atomic E-state index is 12.1. The van der Waals surface area contributed by atoms with Crippen LogP contribution in [0.1, 0.15) is 18.5 Å². The number of alkyl halides is 2. The monoisotopic (exact) mass is 300 g/mol. The number of hydrogen-bond acceptors (Lipinski definition) is 4. The van der Waals surface area contributed by atoms with Crippen LogP contribution in [0.3, 0.4) is 0 Å². The lowest BCUT2D eigenvalue weighted by molar-refractivity contribution is -0.0499. The van der Waals surface area contributed by atoms with E-state index in [1.807, 2.05) is 19.2 Å². The van der Waals surface area contributed by atoms with Gasteiger partial charge >= 0.3 is 6.61 Å². The predicted molar refractivity (Wildman–Crippen MR) is 76.7 cm³/mol. The third-order valence-electron chi connectivity index (χ3n) is 3.74. The fraction of sp³-hybridized carbons (Fsp3) is 0.600. The van der Waals surface area contributed by atoms with E-state index in [-0.39, 0.29) is 17.9 Å². The molecular formula is C15H22F2N2O2. The van der Waals surface area contributed by atoms with E-state index in [4.69, 9.17) is 4.74 Å². The molecule has 1 aliphatic rings. The zero-order valence-electron chi connectivity index (χ0n) is 12.4. The molecule has 0 bridgehead atoms. The number of ether oxygens (including phenoxy) is 2. The molecule has 1 N–H and O–H groups in total. The summed E-state index contributed by atoms with van der Waals surface area (Å²) in [5, 5.41) is 3.12. The van der Waals surface area contributed by atoms with Crippen LogP contribution in [0.4, 0.5) is 8.78 Å². The standard InChI is InChI=1S/C15H22F2N2O2/c1-11(19-7-8-20-14(10-19)9-18-2)12-3-5-13(6-4-12)21-15(16)17/h3-6,11,14-15,18H,7-10H2,1-2H3. The molecule has 1 aromatic carbocycles. The first kappa shape index (κ1) is 16.1. The van der Waals surface area contributed by atoms with Crippen molar-refractivity contribution in [3.8, 4) is 5.75 Å². The lowest BCUT2D eigenvalue weighted by Gasteiger charge is -2.37. The Morgan fingerprint density at radius 1 is 1.38 bits per heavy atom. The molecule has 0 aromatic heterocycles. The van der Waals surface area contributed by atoms with E-state index < -0.39 is 6.61 Å². The van der Waals surface area contributed by atoms with Gasteiger partial charge < -0.3 is 14.8 Å². The highest BCUT2D eigenvalue weighted by molar-refractivity contribution is 5.29. The van der Waals surface area contributed by atoms with E-state index in [2.05, 4.69) is 21.9 Å². The summed E-state index contributed by atoms with van der Waals surface area (Å²) in [6.45, 7) is 2.60. The normalized spacial score (nSPS) is 21.5. The summed E-state index contributed by atoms with van der Waals surface area (Å²) >= 11 is 0. The Morgan fingerprint density at radius 2 is 2.10 bits per heavy atom. The predicted octanol–water partition coefficient (Wildman–Crippen LogP) is 2.27. The molecule has 2 rings (SSSR count). The minimum Gasteiger partial charge on any atom is -0.435 e. The largest absolute Gasteiger partial charge is 0.435 e. The lowest BCUT2D eigenvalue weighted by Crippen LogP contribution is -2.46. The maximum atomic E-state index is 12.1. The quantitative estimate of drug-likeness (QED) is 0.874. The Balaban J connectivity index is 1.97. The Labute approximate surface area is 124 Å². The van der Waals surface area contributed by atoms with Crippen LogP contribution in [-0.2, 0) is 4.74 Å². The summed E-state index contributed by atoms with van der Waals surface area (Å²) in [4.78, 5) is 2.34. The first-order valence-electron chi connectivity index (χ1n) is 7.15. The Bertz CT molecular complexity index is 426. The number of likely N-dealkylation sites (N-methyl/N-ethyl adjacent to an activating group) is 1. The summed E-state index contributed by atoms with van der Waals surface area (Å²) in [6, 6.07) is 7.07. The molecule has 21 heavy (non-hydrogen) atoms. The first-order valence-corrected chi connectivity index (χ1v) is 7.15. The first-order chi connectivity index (χ1) is 10.1. The number of nitrogens with zero attached hydrogens (tertiary/aromatic N) is 1. The van der Waals surface area contributed by atoms with Gasteiger partial charge in [0.15, 0.2) is 0 Å². The SMILES string of the molecule is CNCC1CN(C(C)c2ccc(OC(F)F)cc2)CCO1. The van der Waals surface area contributed by atoms with Crippen LogP contribution in [-0.4, -0.2) is 50.9 Å². The zero-order valence-corrected chi connectivity index (χ0v) is 12.4. The second-order valence-electron chi connectivity index (χ2n) is 5.17. The number of rotatable bonds is 6. The average molecular weight is 300 g/mol. The number of morpholine rings is 1. The number of nitrogens with one attached hydrogen (secondary N) is 1. The van der Waals surface area contributed by atoms with Gasteiger partial charge in [-0.25, -0.2) is 0 Å². The van der Waals surface area contributed by atoms with E-state index in [0.717, 1.165) is 25.2 Å². The molecule has 6 heteroatoms. The van der Waals surface area contributed by atoms with E-state index in [9.17, 15) is 8.78 Å². The van der Waals surface area contributed by atoms with Gasteiger partial charge in [-0.2, -0.15) is 8.78 Å². The van der Waals surface area contributed by atoms with Gasteiger partial charge in [0, 0.05) is 25.7 Å². The molecular weight excluding hydrogens is 278 g/mol. The number of halogens is 2. The minimum absolute atomic E-state index is 0.188. The molecule has 1 fully saturated rings. The van der Waals surface area contributed by atoms with Crippen LogP contribution in [0.25, 0.3) is 0 Å². The molecule has 0 radical (unpaired) electrons. The Kier molecular flexibility index (Phi) is 5.90. The Hall–Kier alpha value is -1.24. The van der Waals surface area contributed by atoms with E-state index in [1.54, 1.807) is 12.1 Å². The van der Waals surface area contributed by atoms with Crippen molar-refractivity contribution in [2.45, 2.75) is 25.7 Å². The van der Waals surface area contributed by atoms with Crippen molar-refractivity contribution in [3.05, 3.63) is 29.8 Å². The average Bonchev–Trinajstić information content (AvgIpc) is 2.47. The van der Waals surface area contributed by atoms with Crippen molar-refractivity contribution in [2.75, 3.05) is 33.3 Å². The van der Waals surface area contributed by atoms with Crippen LogP contribution in [0.5, 0.6) is 5.75 Å². The second kappa shape index (κ2) is 7.68. The van der Waals surface area contributed by atoms with Crippen LogP contribution in [0.15, 0.2) is 24.3 Å². The van der Waals surface area contributed by atoms with Crippen molar-refractivity contribution < 1.29 is 18.3 Å². The minimum atomic E-state index is -2.78. The highest BCUT2D eigenvalue weighted by Gasteiger charge is 2.24. The topological polar surface area (TPSA) is 33.7 Å². The fourth-order valence-electron chi connectivity index (χ4n) is 2.58. The fourth-order valence-corrected chi connectivity index (χ4v) is 2.58. The molecule has 0 saturated carbocycles. The van der Waals surface area contributed by atoms with Gasteiger partial charge in [-0.05, 0) is 31.7 Å². The van der Waals surface area contributed by atoms with Crippen LogP contribution < -0.4 is 10.1 Å². The summed E-state index contributed by atoms with van der Waals surface area (Å²) < 4.78 is 34.3. The molecule has 1 aliphatic heterocycles. The van der Waals surface area contributed by atoms with Crippen molar-refractivity contribution in [1.29, 1.82) is 0 Å². The van der Waals surface area contributed by atoms with Crippen LogP contribution >= 0.6 is 0 Å². The molecule has 0 amide bonds. The van der Waals surface area contributed by atoms with Gasteiger partial charge in [0.05, 0.1) is 12.7 Å². The Morgan fingerprint density at radius 3 is 2.71 bits per heavy atom. The molecule has 1 aromatic rings. The molecule has 2 atom stereocenters. The van der Waals surface area contributed by atoms with Crippen molar-refractivity contribution in [1.82, 2.24) is 10.2 Å². The van der Waals surface area contributed by atoms with Gasteiger partial charge in [-0.1, -0.05) is 12.1 Å². The second-order valence-corrected chi connectivity index (χ2v) is 5.17. The van der Waals surface area contributed by atoms with Gasteiger partial charge in [0.25, 0.3) is 0 Å². The van der Waals surface area contributed by atoms with Crippen molar-refractivity contribution in [2.24, 2.45) is 0 Å². The highest BCUT2D eigenvalue weighted by Crippen LogP contribution is 2.25. The smallest absolute Gasteiger partial charge is 0.387 e. The molecule has 0 aliphatic carbocycles. The molecule has 118 valence electrons. The molecule has 1 saturated heterocycles. The van der Waals surface area contributed by atoms with Crippen molar-refractivity contribution >= 4 is 0 Å². The highest BCUT2D eigenvalue weighted by atomic mass is 19.3. The molecule has 2 unspecified atom stereocenters. The summed E-state index contributed by atoms with van der Waals surface area (Å²) in [5.41, 5.74) is 1.08. The summed E-state index contributed by atoms with van der Waals surface area (Å²) in [5.74, 6) is 0.191. The van der Waals surface area contributed by atoms with Gasteiger partial charge in [0.1, 0.15) is 5.75 Å².